The topological polar surface area (TPSA) is 62.6 Å². The minimum absolute atomic E-state index is 0.00449. The zero-order valence-electron chi connectivity index (χ0n) is 17.5. The molecule has 4 rings (SSSR count). The zero-order valence-corrected chi connectivity index (χ0v) is 17.5. The highest BCUT2D eigenvalue weighted by Gasteiger charge is 2.19. The van der Waals surface area contributed by atoms with Crippen molar-refractivity contribution >= 4 is 22.5 Å². The van der Waals surface area contributed by atoms with Crippen LogP contribution < -0.4 is 15.0 Å². The number of carbonyl (C=O) groups is 1. The number of aromatic nitrogens is 2. The van der Waals surface area contributed by atoms with Gasteiger partial charge < -0.3 is 15.0 Å². The van der Waals surface area contributed by atoms with Crippen molar-refractivity contribution < 1.29 is 9.53 Å². The number of hydrogen-bond donors (Lipinski definition) is 1. The second kappa shape index (κ2) is 9.63. The van der Waals surface area contributed by atoms with Gasteiger partial charge in [-0.3, -0.25) is 14.4 Å². The summed E-state index contributed by atoms with van der Waals surface area (Å²) >= 11 is 0. The van der Waals surface area contributed by atoms with Crippen molar-refractivity contribution in [3.05, 3.63) is 54.7 Å². The molecule has 2 heterocycles. The summed E-state index contributed by atoms with van der Waals surface area (Å²) < 4.78 is 7.24. The van der Waals surface area contributed by atoms with Crippen LogP contribution in [-0.4, -0.2) is 67.0 Å². The Bertz CT molecular complexity index is 978. The number of para-hydroxylation sites is 3. The summed E-state index contributed by atoms with van der Waals surface area (Å²) in [7, 11) is 1.72. The molecular weight excluding hydrogens is 378 g/mol. The first-order chi connectivity index (χ1) is 14.7. The lowest BCUT2D eigenvalue weighted by Crippen LogP contribution is -2.47. The molecule has 1 aromatic heterocycles. The first-order valence-electron chi connectivity index (χ1n) is 10.5. The Balaban J connectivity index is 1.16. The summed E-state index contributed by atoms with van der Waals surface area (Å²) in [6, 6.07) is 16.1. The second-order valence-corrected chi connectivity index (χ2v) is 7.57. The molecule has 1 aliphatic rings. The van der Waals surface area contributed by atoms with Gasteiger partial charge in [-0.25, -0.2) is 0 Å². The van der Waals surface area contributed by atoms with Crippen LogP contribution in [0.15, 0.2) is 54.7 Å². The molecule has 1 fully saturated rings. The molecule has 0 aliphatic carbocycles. The summed E-state index contributed by atoms with van der Waals surface area (Å²) in [4.78, 5) is 17.1. The van der Waals surface area contributed by atoms with Crippen molar-refractivity contribution in [2.24, 2.45) is 0 Å². The predicted molar refractivity (Wildman–Crippen MR) is 119 cm³/mol. The third-order valence-electron chi connectivity index (χ3n) is 5.62. The molecule has 1 amide bonds. The maximum absolute atomic E-state index is 12.3. The number of piperazine rings is 1. The fraction of sp³-hybridized carbons (Fsp3) is 0.391. The van der Waals surface area contributed by atoms with E-state index in [9.17, 15) is 4.79 Å². The standard InChI is InChI=1S/C23H29N5O2/c1-30-22-10-5-4-9-21(22)27-15-13-26(14-16-27)12-6-11-24-23(29)18-28-20-8-3-2-7-19(20)17-25-28/h2-5,7-10,17H,6,11-16,18H2,1H3,(H,24,29). The van der Waals surface area contributed by atoms with Gasteiger partial charge in [0.25, 0.3) is 0 Å². The highest BCUT2D eigenvalue weighted by atomic mass is 16.5. The summed E-state index contributed by atoms with van der Waals surface area (Å²) in [6.07, 6.45) is 2.74. The van der Waals surface area contributed by atoms with E-state index in [1.54, 1.807) is 18.0 Å². The van der Waals surface area contributed by atoms with Gasteiger partial charge in [0.2, 0.25) is 5.91 Å². The first kappa shape index (κ1) is 20.2. The monoisotopic (exact) mass is 407 g/mol. The Hall–Kier alpha value is -3.06. The third-order valence-corrected chi connectivity index (χ3v) is 5.62. The van der Waals surface area contributed by atoms with E-state index in [4.69, 9.17) is 4.74 Å². The van der Waals surface area contributed by atoms with E-state index >= 15 is 0 Å². The van der Waals surface area contributed by atoms with E-state index < -0.39 is 0 Å². The van der Waals surface area contributed by atoms with Crippen LogP contribution in [-0.2, 0) is 11.3 Å². The third kappa shape index (κ3) is 4.74. The lowest BCUT2D eigenvalue weighted by Gasteiger charge is -2.36. The van der Waals surface area contributed by atoms with E-state index in [-0.39, 0.29) is 12.5 Å². The van der Waals surface area contributed by atoms with Crippen molar-refractivity contribution in [3.8, 4) is 5.75 Å². The quantitative estimate of drug-likeness (QED) is 0.581. The highest BCUT2D eigenvalue weighted by Crippen LogP contribution is 2.28. The van der Waals surface area contributed by atoms with Crippen LogP contribution in [0.1, 0.15) is 6.42 Å². The number of carbonyl (C=O) groups excluding carboxylic acids is 1. The normalized spacial score (nSPS) is 14.8. The summed E-state index contributed by atoms with van der Waals surface area (Å²) in [5.41, 5.74) is 2.15. The van der Waals surface area contributed by atoms with Gasteiger partial charge in [-0.1, -0.05) is 30.3 Å². The van der Waals surface area contributed by atoms with Crippen molar-refractivity contribution in [3.63, 3.8) is 0 Å². The Kier molecular flexibility index (Phi) is 6.49. The van der Waals surface area contributed by atoms with Gasteiger partial charge in [-0.15, -0.1) is 0 Å². The molecule has 0 radical (unpaired) electrons. The summed E-state index contributed by atoms with van der Waals surface area (Å²) in [5, 5.41) is 8.39. The number of amides is 1. The van der Waals surface area contributed by atoms with Gasteiger partial charge in [0.15, 0.2) is 0 Å². The van der Waals surface area contributed by atoms with E-state index in [1.807, 2.05) is 36.4 Å². The molecule has 0 atom stereocenters. The molecule has 0 spiro atoms. The van der Waals surface area contributed by atoms with Crippen LogP contribution in [0.25, 0.3) is 10.9 Å². The van der Waals surface area contributed by atoms with E-state index in [1.165, 1.54) is 0 Å². The molecule has 1 N–H and O–H groups in total. The van der Waals surface area contributed by atoms with Gasteiger partial charge >= 0.3 is 0 Å². The number of nitrogens with one attached hydrogen (secondary N) is 1. The van der Waals surface area contributed by atoms with Crippen LogP contribution >= 0.6 is 0 Å². The maximum atomic E-state index is 12.3. The van der Waals surface area contributed by atoms with Crippen molar-refractivity contribution in [2.75, 3.05) is 51.3 Å². The van der Waals surface area contributed by atoms with Crippen molar-refractivity contribution in [2.45, 2.75) is 13.0 Å². The fourth-order valence-electron chi connectivity index (χ4n) is 3.98. The number of fused-ring (bicyclic) bond motifs is 1. The fourth-order valence-corrected chi connectivity index (χ4v) is 3.98. The van der Waals surface area contributed by atoms with Crippen LogP contribution in [0.5, 0.6) is 5.75 Å². The molecular formula is C23H29N5O2. The van der Waals surface area contributed by atoms with E-state index in [0.717, 1.165) is 61.5 Å². The lowest BCUT2D eigenvalue weighted by atomic mass is 10.2. The number of rotatable bonds is 8. The molecule has 0 saturated carbocycles. The van der Waals surface area contributed by atoms with Crippen molar-refractivity contribution in [1.82, 2.24) is 20.0 Å². The van der Waals surface area contributed by atoms with Gasteiger partial charge in [0, 0.05) is 38.1 Å². The van der Waals surface area contributed by atoms with Crippen molar-refractivity contribution in [1.29, 1.82) is 0 Å². The molecule has 158 valence electrons. The van der Waals surface area contributed by atoms with Gasteiger partial charge in [-0.2, -0.15) is 5.10 Å². The van der Waals surface area contributed by atoms with Crippen LogP contribution in [0.4, 0.5) is 5.69 Å². The molecule has 7 heteroatoms. The minimum Gasteiger partial charge on any atom is -0.495 e. The van der Waals surface area contributed by atoms with Gasteiger partial charge in [0.05, 0.1) is 24.5 Å². The summed E-state index contributed by atoms with van der Waals surface area (Å²) in [5.74, 6) is 0.934. The highest BCUT2D eigenvalue weighted by molar-refractivity contribution is 5.81. The zero-order chi connectivity index (χ0) is 20.8. The molecule has 0 unspecified atom stereocenters. The first-order valence-corrected chi connectivity index (χ1v) is 10.5. The number of nitrogens with zero attached hydrogens (tertiary/aromatic N) is 4. The number of hydrogen-bond acceptors (Lipinski definition) is 5. The number of benzene rings is 2. The Labute approximate surface area is 177 Å². The van der Waals surface area contributed by atoms with Crippen LogP contribution in [0.2, 0.25) is 0 Å². The van der Waals surface area contributed by atoms with Crippen LogP contribution in [0.3, 0.4) is 0 Å². The van der Waals surface area contributed by atoms with Gasteiger partial charge in [-0.05, 0) is 31.2 Å². The molecule has 1 aliphatic heterocycles. The molecule has 3 aromatic rings. The molecule has 1 saturated heterocycles. The average Bonchev–Trinajstić information content (AvgIpc) is 3.20. The predicted octanol–water partition coefficient (Wildman–Crippen LogP) is 2.37. The second-order valence-electron chi connectivity index (χ2n) is 7.57. The lowest BCUT2D eigenvalue weighted by molar-refractivity contribution is -0.121. The van der Waals surface area contributed by atoms with Crippen LogP contribution in [0, 0.1) is 0 Å². The largest absolute Gasteiger partial charge is 0.495 e. The van der Waals surface area contributed by atoms with E-state index in [0.29, 0.717) is 6.54 Å². The number of methoxy groups -OCH3 is 1. The minimum atomic E-state index is 0.00449. The Morgan fingerprint density at radius 1 is 1.07 bits per heavy atom. The Morgan fingerprint density at radius 2 is 1.83 bits per heavy atom. The molecule has 0 bridgehead atoms. The van der Waals surface area contributed by atoms with E-state index in [2.05, 4.69) is 32.3 Å². The number of anilines is 1. The molecule has 7 nitrogen and oxygen atoms in total. The number of ether oxygens (including phenoxy) is 1. The summed E-state index contributed by atoms with van der Waals surface area (Å²) in [6.45, 7) is 5.94. The smallest absolute Gasteiger partial charge is 0.241 e. The SMILES string of the molecule is COc1ccccc1N1CCN(CCCNC(=O)Cn2ncc3ccccc32)CC1. The average molecular weight is 408 g/mol. The maximum Gasteiger partial charge on any atom is 0.241 e. The Morgan fingerprint density at radius 3 is 2.67 bits per heavy atom. The molecule has 2 aromatic carbocycles. The molecule has 30 heavy (non-hydrogen) atoms. The van der Waals surface area contributed by atoms with Gasteiger partial charge in [0.1, 0.15) is 12.3 Å².